The number of likely N-dealkylation sites (tertiary alicyclic amines) is 1. The molecule has 0 atom stereocenters. The first kappa shape index (κ1) is 16.6. The number of amides is 1. The van der Waals surface area contributed by atoms with Crippen molar-refractivity contribution in [3.05, 3.63) is 29.6 Å². The van der Waals surface area contributed by atoms with E-state index in [1.165, 1.54) is 4.90 Å². The molecule has 9 heteroatoms. The Morgan fingerprint density at radius 1 is 1.18 bits per heavy atom. The highest BCUT2D eigenvalue weighted by Crippen LogP contribution is 2.25. The number of hydrogen-bond donors (Lipinski definition) is 0. The Balaban J connectivity index is 2.35. The van der Waals surface area contributed by atoms with Gasteiger partial charge in [-0.15, -0.1) is 0 Å². The number of carbonyl (C=O) groups is 1. The van der Waals surface area contributed by atoms with Gasteiger partial charge in [-0.25, -0.2) is 21.6 Å². The number of halogens is 3. The van der Waals surface area contributed by atoms with Crippen LogP contribution in [0.1, 0.15) is 12.8 Å². The van der Waals surface area contributed by atoms with Gasteiger partial charge in [-0.1, -0.05) is 0 Å². The molecule has 1 amide bonds. The number of rotatable bonds is 4. The van der Waals surface area contributed by atoms with Crippen LogP contribution in [-0.2, 0) is 14.8 Å². The lowest BCUT2D eigenvalue weighted by molar-refractivity contribution is -0.128. The second kappa shape index (κ2) is 6.15. The number of carbonyl (C=O) groups excluding carboxylic acids is 1. The highest BCUT2D eigenvalue weighted by Gasteiger charge is 2.29. The summed E-state index contributed by atoms with van der Waals surface area (Å²) in [5, 5.41) is 0. The number of sulfonamides is 1. The molecular weight excluding hydrogens is 321 g/mol. The van der Waals surface area contributed by atoms with Crippen LogP contribution in [0, 0.1) is 17.5 Å². The van der Waals surface area contributed by atoms with Crippen molar-refractivity contribution in [2.75, 3.05) is 30.2 Å². The molecule has 0 unspecified atom stereocenters. The highest BCUT2D eigenvalue weighted by molar-refractivity contribution is 7.92. The van der Waals surface area contributed by atoms with Gasteiger partial charge < -0.3 is 4.90 Å². The molecule has 0 saturated carbocycles. The van der Waals surface area contributed by atoms with Gasteiger partial charge in [0.25, 0.3) is 0 Å². The Morgan fingerprint density at radius 3 is 2.32 bits per heavy atom. The van der Waals surface area contributed by atoms with E-state index in [0.29, 0.717) is 23.5 Å². The Hall–Kier alpha value is -1.77. The summed E-state index contributed by atoms with van der Waals surface area (Å²) in [6.45, 7) is 0.341. The lowest BCUT2D eigenvalue weighted by Crippen LogP contribution is -2.42. The maximum atomic E-state index is 13.8. The number of hydrogen-bond acceptors (Lipinski definition) is 3. The molecule has 0 N–H and O–H groups in total. The minimum atomic E-state index is -4.04. The van der Waals surface area contributed by atoms with Gasteiger partial charge in [-0.2, -0.15) is 0 Å². The third-order valence-electron chi connectivity index (χ3n) is 3.42. The van der Waals surface area contributed by atoms with E-state index in [1.54, 1.807) is 0 Å². The zero-order chi connectivity index (χ0) is 16.5. The summed E-state index contributed by atoms with van der Waals surface area (Å²) in [7, 11) is -4.04. The van der Waals surface area contributed by atoms with E-state index in [-0.39, 0.29) is 0 Å². The van der Waals surface area contributed by atoms with E-state index in [1.807, 2.05) is 0 Å². The molecule has 122 valence electrons. The molecule has 1 aliphatic heterocycles. The van der Waals surface area contributed by atoms with Crippen LogP contribution >= 0.6 is 0 Å². The van der Waals surface area contributed by atoms with Crippen molar-refractivity contribution in [1.82, 2.24) is 4.90 Å². The number of benzene rings is 1. The lowest BCUT2D eigenvalue weighted by atomic mass is 10.2. The molecule has 1 aromatic carbocycles. The van der Waals surface area contributed by atoms with E-state index in [9.17, 15) is 26.4 Å². The van der Waals surface area contributed by atoms with Gasteiger partial charge in [0.1, 0.15) is 6.54 Å². The molecule has 22 heavy (non-hydrogen) atoms. The highest BCUT2D eigenvalue weighted by atomic mass is 32.2. The molecule has 2 rings (SSSR count). The molecule has 0 aliphatic carbocycles. The third kappa shape index (κ3) is 3.34. The fourth-order valence-electron chi connectivity index (χ4n) is 2.28. The van der Waals surface area contributed by atoms with E-state index >= 15 is 0 Å². The topological polar surface area (TPSA) is 57.7 Å². The minimum Gasteiger partial charge on any atom is -0.341 e. The molecule has 1 fully saturated rings. The summed E-state index contributed by atoms with van der Waals surface area (Å²) in [5.74, 6) is -5.35. The quantitative estimate of drug-likeness (QED) is 0.783. The van der Waals surface area contributed by atoms with Crippen molar-refractivity contribution in [3.63, 3.8) is 0 Å². The summed E-state index contributed by atoms with van der Waals surface area (Å²) in [5.41, 5.74) is -0.686. The molecule has 5 nitrogen and oxygen atoms in total. The van der Waals surface area contributed by atoms with Crippen LogP contribution in [-0.4, -0.2) is 45.1 Å². The van der Waals surface area contributed by atoms with Gasteiger partial charge in [-0.05, 0) is 25.0 Å². The average Bonchev–Trinajstić information content (AvgIpc) is 2.96. The van der Waals surface area contributed by atoms with Crippen molar-refractivity contribution in [2.45, 2.75) is 12.8 Å². The van der Waals surface area contributed by atoms with Crippen molar-refractivity contribution in [1.29, 1.82) is 0 Å². The van der Waals surface area contributed by atoms with E-state index < -0.39 is 45.6 Å². The van der Waals surface area contributed by atoms with Crippen LogP contribution in [0.25, 0.3) is 0 Å². The smallest absolute Gasteiger partial charge is 0.243 e. The molecule has 0 spiro atoms. The SMILES string of the molecule is CS(=O)(=O)N(CC(=O)N1CCCC1)c1ccc(F)c(F)c1F. The van der Waals surface area contributed by atoms with Crippen molar-refractivity contribution in [3.8, 4) is 0 Å². The second-order valence-electron chi connectivity index (χ2n) is 5.05. The summed E-state index contributed by atoms with van der Waals surface area (Å²) in [4.78, 5) is 13.5. The van der Waals surface area contributed by atoms with Gasteiger partial charge in [-0.3, -0.25) is 9.10 Å². The molecule has 0 radical (unpaired) electrons. The van der Waals surface area contributed by atoms with Gasteiger partial charge in [0.2, 0.25) is 15.9 Å². The van der Waals surface area contributed by atoms with E-state index in [4.69, 9.17) is 0 Å². The third-order valence-corrected chi connectivity index (χ3v) is 4.55. The molecule has 0 aromatic heterocycles. The molecule has 0 bridgehead atoms. The first-order chi connectivity index (χ1) is 10.2. The summed E-state index contributed by atoms with van der Waals surface area (Å²) in [6.07, 6.45) is 2.39. The maximum absolute atomic E-state index is 13.8. The van der Waals surface area contributed by atoms with Gasteiger partial charge in [0.05, 0.1) is 11.9 Å². The van der Waals surface area contributed by atoms with Gasteiger partial charge in [0.15, 0.2) is 17.5 Å². The fraction of sp³-hybridized carbons (Fsp3) is 0.462. The molecule has 1 heterocycles. The Bertz CT molecular complexity index is 688. The zero-order valence-corrected chi connectivity index (χ0v) is 12.7. The van der Waals surface area contributed by atoms with Crippen LogP contribution in [0.3, 0.4) is 0 Å². The van der Waals surface area contributed by atoms with Crippen LogP contribution in [0.5, 0.6) is 0 Å². The van der Waals surface area contributed by atoms with E-state index in [0.717, 1.165) is 25.2 Å². The van der Waals surface area contributed by atoms with Crippen LogP contribution < -0.4 is 4.31 Å². The number of anilines is 1. The molecule has 1 aromatic rings. The second-order valence-corrected chi connectivity index (χ2v) is 6.96. The van der Waals surface area contributed by atoms with Gasteiger partial charge >= 0.3 is 0 Å². The Labute approximate surface area is 126 Å². The first-order valence-corrected chi connectivity index (χ1v) is 8.45. The van der Waals surface area contributed by atoms with E-state index in [2.05, 4.69) is 0 Å². The minimum absolute atomic E-state index is 0.450. The van der Waals surface area contributed by atoms with Crippen LogP contribution in [0.2, 0.25) is 0 Å². The van der Waals surface area contributed by atoms with Crippen molar-refractivity contribution >= 4 is 21.6 Å². The van der Waals surface area contributed by atoms with Crippen molar-refractivity contribution < 1.29 is 26.4 Å². The zero-order valence-electron chi connectivity index (χ0n) is 11.9. The summed E-state index contributed by atoms with van der Waals surface area (Å²) < 4.78 is 64.2. The predicted molar refractivity (Wildman–Crippen MR) is 74.3 cm³/mol. The monoisotopic (exact) mass is 336 g/mol. The predicted octanol–water partition coefficient (Wildman–Crippen LogP) is 1.49. The summed E-state index contributed by atoms with van der Waals surface area (Å²) >= 11 is 0. The molecule has 1 saturated heterocycles. The van der Waals surface area contributed by atoms with Gasteiger partial charge in [0, 0.05) is 13.1 Å². The standard InChI is InChI=1S/C13H15F3N2O3S/c1-22(20,21)18(8-11(19)17-6-2-3-7-17)10-5-4-9(14)12(15)13(10)16/h4-5H,2-3,6-8H2,1H3. The lowest BCUT2D eigenvalue weighted by Gasteiger charge is -2.25. The van der Waals surface area contributed by atoms with Crippen LogP contribution in [0.15, 0.2) is 12.1 Å². The normalized spacial score (nSPS) is 15.2. The molecular formula is C13H15F3N2O3S. The first-order valence-electron chi connectivity index (χ1n) is 6.61. The fourth-order valence-corrected chi connectivity index (χ4v) is 3.12. The molecule has 1 aliphatic rings. The maximum Gasteiger partial charge on any atom is 0.243 e. The average molecular weight is 336 g/mol. The van der Waals surface area contributed by atoms with Crippen LogP contribution in [0.4, 0.5) is 18.9 Å². The Kier molecular flexibility index (Phi) is 4.64. The number of nitrogens with zero attached hydrogens (tertiary/aromatic N) is 2. The van der Waals surface area contributed by atoms with Crippen molar-refractivity contribution in [2.24, 2.45) is 0 Å². The largest absolute Gasteiger partial charge is 0.341 e. The summed E-state index contributed by atoms with van der Waals surface area (Å²) in [6, 6.07) is 1.41. The Morgan fingerprint density at radius 2 is 1.77 bits per heavy atom.